The Hall–Kier alpha value is -2.86. The fourth-order valence-electron chi connectivity index (χ4n) is 3.15. The van der Waals surface area contributed by atoms with Crippen LogP contribution in [0.25, 0.3) is 11.1 Å². The highest BCUT2D eigenvalue weighted by molar-refractivity contribution is 6.33. The molecular formula is C19H16ClN3O3. The van der Waals surface area contributed by atoms with E-state index in [1.54, 1.807) is 48.2 Å². The Balaban J connectivity index is 1.49. The van der Waals surface area contributed by atoms with Gasteiger partial charge in [-0.2, -0.15) is 0 Å². The van der Waals surface area contributed by atoms with E-state index in [4.69, 9.17) is 16.0 Å². The summed E-state index contributed by atoms with van der Waals surface area (Å²) in [5.41, 5.74) is 2.61. The van der Waals surface area contributed by atoms with Crippen LogP contribution in [0.2, 0.25) is 5.02 Å². The lowest BCUT2D eigenvalue weighted by atomic mass is 10.1. The number of halogens is 1. The van der Waals surface area contributed by atoms with E-state index >= 15 is 0 Å². The highest BCUT2D eigenvalue weighted by Crippen LogP contribution is 2.31. The topological polar surface area (TPSA) is 75.4 Å². The third-order valence-corrected chi connectivity index (χ3v) is 4.72. The van der Waals surface area contributed by atoms with Gasteiger partial charge in [0.15, 0.2) is 11.5 Å². The molecule has 0 aliphatic carbocycles. The van der Waals surface area contributed by atoms with Crippen LogP contribution >= 0.6 is 11.6 Å². The molecule has 1 aliphatic rings. The monoisotopic (exact) mass is 369 g/mol. The van der Waals surface area contributed by atoms with E-state index in [2.05, 4.69) is 10.3 Å². The third-order valence-electron chi connectivity index (χ3n) is 4.40. The van der Waals surface area contributed by atoms with Crippen molar-refractivity contribution >= 4 is 45.9 Å². The minimum absolute atomic E-state index is 0.110. The molecule has 0 spiro atoms. The van der Waals surface area contributed by atoms with Crippen molar-refractivity contribution in [3.05, 3.63) is 53.4 Å². The van der Waals surface area contributed by atoms with Crippen LogP contribution in [0.4, 0.5) is 11.4 Å². The number of hydrogen-bond acceptors (Lipinski definition) is 4. The quantitative estimate of drug-likeness (QED) is 0.762. The van der Waals surface area contributed by atoms with Gasteiger partial charge in [0.05, 0.1) is 16.6 Å². The number of carbonyl (C=O) groups is 2. The summed E-state index contributed by atoms with van der Waals surface area (Å²) in [6.45, 7) is 2.07. The zero-order chi connectivity index (χ0) is 18.3. The first-order valence-electron chi connectivity index (χ1n) is 8.24. The van der Waals surface area contributed by atoms with Gasteiger partial charge in [-0.05, 0) is 30.3 Å². The normalized spacial score (nSPS) is 17.1. The number of aryl methyl sites for hydroxylation is 1. The van der Waals surface area contributed by atoms with Gasteiger partial charge in [0.2, 0.25) is 11.8 Å². The first kappa shape index (κ1) is 16.6. The van der Waals surface area contributed by atoms with E-state index in [0.717, 1.165) is 0 Å². The Morgan fingerprint density at radius 3 is 2.92 bits per heavy atom. The molecular weight excluding hydrogens is 354 g/mol. The van der Waals surface area contributed by atoms with Crippen molar-refractivity contribution in [3.63, 3.8) is 0 Å². The molecule has 4 rings (SSSR count). The second-order valence-electron chi connectivity index (χ2n) is 6.26. The summed E-state index contributed by atoms with van der Waals surface area (Å²) in [6.07, 6.45) is 0.155. The Kier molecular flexibility index (Phi) is 4.12. The minimum Gasteiger partial charge on any atom is -0.441 e. The first-order chi connectivity index (χ1) is 12.5. The number of amides is 2. The van der Waals surface area contributed by atoms with Gasteiger partial charge < -0.3 is 14.6 Å². The van der Waals surface area contributed by atoms with E-state index in [0.29, 0.717) is 39.9 Å². The molecule has 6 nitrogen and oxygen atoms in total. The maximum Gasteiger partial charge on any atom is 0.229 e. The van der Waals surface area contributed by atoms with Gasteiger partial charge in [0.25, 0.3) is 0 Å². The number of hydrogen-bond donors (Lipinski definition) is 1. The van der Waals surface area contributed by atoms with E-state index in [1.165, 1.54) is 0 Å². The van der Waals surface area contributed by atoms with Crippen molar-refractivity contribution in [3.8, 4) is 0 Å². The number of benzene rings is 2. The second kappa shape index (κ2) is 6.46. The molecule has 1 saturated heterocycles. The Labute approximate surface area is 154 Å². The minimum atomic E-state index is -0.437. The number of nitrogens with one attached hydrogen (secondary N) is 1. The molecule has 26 heavy (non-hydrogen) atoms. The summed E-state index contributed by atoms with van der Waals surface area (Å²) < 4.78 is 5.43. The van der Waals surface area contributed by atoms with Crippen molar-refractivity contribution in [1.82, 2.24) is 4.98 Å². The molecule has 3 aromatic rings. The number of oxazole rings is 1. The average Bonchev–Trinajstić information content (AvgIpc) is 3.17. The smallest absolute Gasteiger partial charge is 0.229 e. The van der Waals surface area contributed by atoms with Gasteiger partial charge in [-0.25, -0.2) is 4.98 Å². The SMILES string of the molecule is Cc1nc2cc(NC(=O)C3CC(=O)N(c4ccccc4Cl)C3)ccc2o1. The van der Waals surface area contributed by atoms with Crippen molar-refractivity contribution < 1.29 is 14.0 Å². The molecule has 0 bridgehead atoms. The summed E-state index contributed by atoms with van der Waals surface area (Å²) in [4.78, 5) is 30.8. The highest BCUT2D eigenvalue weighted by atomic mass is 35.5. The van der Waals surface area contributed by atoms with E-state index < -0.39 is 5.92 Å². The molecule has 2 amide bonds. The number of rotatable bonds is 3. The maximum atomic E-state index is 12.6. The molecule has 0 radical (unpaired) electrons. The summed E-state index contributed by atoms with van der Waals surface area (Å²) in [5.74, 6) is -0.179. The molecule has 0 saturated carbocycles. The molecule has 1 N–H and O–H groups in total. The lowest BCUT2D eigenvalue weighted by molar-refractivity contribution is -0.122. The van der Waals surface area contributed by atoms with Crippen LogP contribution in [0.5, 0.6) is 0 Å². The van der Waals surface area contributed by atoms with Crippen LogP contribution in [-0.2, 0) is 9.59 Å². The third kappa shape index (κ3) is 3.04. The van der Waals surface area contributed by atoms with Crippen molar-refractivity contribution in [2.45, 2.75) is 13.3 Å². The lowest BCUT2D eigenvalue weighted by Gasteiger charge is -2.18. The largest absolute Gasteiger partial charge is 0.441 e. The van der Waals surface area contributed by atoms with Crippen molar-refractivity contribution in [2.24, 2.45) is 5.92 Å². The average molecular weight is 370 g/mol. The van der Waals surface area contributed by atoms with Gasteiger partial charge in [-0.1, -0.05) is 23.7 Å². The fraction of sp³-hybridized carbons (Fsp3) is 0.211. The number of anilines is 2. The molecule has 132 valence electrons. The summed E-state index contributed by atoms with van der Waals surface area (Å²) in [5, 5.41) is 3.35. The number of fused-ring (bicyclic) bond motifs is 1. The van der Waals surface area contributed by atoms with Crippen LogP contribution in [0.1, 0.15) is 12.3 Å². The number of nitrogens with zero attached hydrogens (tertiary/aromatic N) is 2. The summed E-state index contributed by atoms with van der Waals surface area (Å²) in [7, 11) is 0. The maximum absolute atomic E-state index is 12.6. The zero-order valence-corrected chi connectivity index (χ0v) is 14.8. The zero-order valence-electron chi connectivity index (χ0n) is 14.0. The Morgan fingerprint density at radius 1 is 1.31 bits per heavy atom. The molecule has 1 unspecified atom stereocenters. The predicted octanol–water partition coefficient (Wildman–Crippen LogP) is 3.78. The van der Waals surface area contributed by atoms with Gasteiger partial charge in [0.1, 0.15) is 5.52 Å². The van der Waals surface area contributed by atoms with Gasteiger partial charge in [0, 0.05) is 25.6 Å². The van der Waals surface area contributed by atoms with Crippen LogP contribution in [-0.4, -0.2) is 23.3 Å². The number of aromatic nitrogens is 1. The van der Waals surface area contributed by atoms with E-state index in [9.17, 15) is 9.59 Å². The standard InChI is InChI=1S/C19H16ClN3O3/c1-11-21-15-9-13(6-7-17(15)26-11)22-19(25)12-8-18(24)23(10-12)16-5-3-2-4-14(16)20/h2-7,9,12H,8,10H2,1H3,(H,22,25). The van der Waals surface area contributed by atoms with Gasteiger partial charge in [-0.3, -0.25) is 9.59 Å². The van der Waals surface area contributed by atoms with E-state index in [-0.39, 0.29) is 18.2 Å². The number of para-hydroxylation sites is 1. The Morgan fingerprint density at radius 2 is 2.12 bits per heavy atom. The molecule has 1 atom stereocenters. The second-order valence-corrected chi connectivity index (χ2v) is 6.67. The molecule has 1 fully saturated rings. The van der Waals surface area contributed by atoms with Crippen LogP contribution < -0.4 is 10.2 Å². The van der Waals surface area contributed by atoms with Crippen LogP contribution in [0.15, 0.2) is 46.9 Å². The highest BCUT2D eigenvalue weighted by Gasteiger charge is 2.35. The fourth-order valence-corrected chi connectivity index (χ4v) is 3.39. The van der Waals surface area contributed by atoms with Gasteiger partial charge in [-0.15, -0.1) is 0 Å². The van der Waals surface area contributed by atoms with Crippen molar-refractivity contribution in [2.75, 3.05) is 16.8 Å². The predicted molar refractivity (Wildman–Crippen MR) is 99.3 cm³/mol. The van der Waals surface area contributed by atoms with Crippen LogP contribution in [0, 0.1) is 12.8 Å². The Bertz CT molecular complexity index is 1010. The molecule has 2 aromatic carbocycles. The van der Waals surface area contributed by atoms with Gasteiger partial charge >= 0.3 is 0 Å². The molecule has 2 heterocycles. The number of carbonyl (C=O) groups excluding carboxylic acids is 2. The van der Waals surface area contributed by atoms with Crippen molar-refractivity contribution in [1.29, 1.82) is 0 Å². The summed E-state index contributed by atoms with van der Waals surface area (Å²) >= 11 is 6.17. The first-order valence-corrected chi connectivity index (χ1v) is 8.62. The molecule has 7 heteroatoms. The lowest BCUT2D eigenvalue weighted by Crippen LogP contribution is -2.28. The van der Waals surface area contributed by atoms with E-state index in [1.807, 2.05) is 6.07 Å². The molecule has 1 aromatic heterocycles. The summed E-state index contributed by atoms with van der Waals surface area (Å²) in [6, 6.07) is 12.4. The van der Waals surface area contributed by atoms with Crippen LogP contribution in [0.3, 0.4) is 0 Å². The molecule has 1 aliphatic heterocycles.